The van der Waals surface area contributed by atoms with Crippen molar-refractivity contribution < 1.29 is 0 Å². The molecular weight excluding hydrogens is 448 g/mol. The van der Waals surface area contributed by atoms with E-state index in [9.17, 15) is 4.79 Å². The number of rotatable bonds is 5. The summed E-state index contributed by atoms with van der Waals surface area (Å²) in [6, 6.07) is 11.6. The molecule has 4 heterocycles. The third-order valence-electron chi connectivity index (χ3n) is 6.13. The van der Waals surface area contributed by atoms with Crippen LogP contribution in [0.5, 0.6) is 0 Å². The first kappa shape index (κ1) is 20.3. The van der Waals surface area contributed by atoms with Crippen molar-refractivity contribution in [1.82, 2.24) is 29.5 Å². The molecule has 0 amide bonds. The van der Waals surface area contributed by atoms with Gasteiger partial charge in [-0.3, -0.25) is 9.89 Å². The highest BCUT2D eigenvalue weighted by atomic mass is 32.1. The summed E-state index contributed by atoms with van der Waals surface area (Å²) in [7, 11) is 1.86. The van der Waals surface area contributed by atoms with Gasteiger partial charge in [0.1, 0.15) is 10.5 Å². The molecular formula is C24H20N8OS. The highest BCUT2D eigenvalue weighted by Gasteiger charge is 2.19. The largest absolute Gasteiger partial charge is 0.398 e. The van der Waals surface area contributed by atoms with Crippen molar-refractivity contribution in [2.75, 3.05) is 5.73 Å². The molecule has 4 N–H and O–H groups in total. The zero-order chi connectivity index (χ0) is 23.4. The Morgan fingerprint density at radius 3 is 2.97 bits per heavy atom. The molecule has 2 aromatic carbocycles. The summed E-state index contributed by atoms with van der Waals surface area (Å²) in [5, 5.41) is 22.0. The topological polar surface area (TPSA) is 131 Å². The zero-order valence-corrected chi connectivity index (χ0v) is 19.1. The van der Waals surface area contributed by atoms with Crippen molar-refractivity contribution in [3.8, 4) is 0 Å². The van der Waals surface area contributed by atoms with E-state index in [-0.39, 0.29) is 12.1 Å². The van der Waals surface area contributed by atoms with Crippen molar-refractivity contribution in [3.63, 3.8) is 0 Å². The Morgan fingerprint density at radius 1 is 1.24 bits per heavy atom. The number of benzene rings is 2. The van der Waals surface area contributed by atoms with Crippen LogP contribution in [0.1, 0.15) is 21.7 Å². The van der Waals surface area contributed by atoms with E-state index in [0.717, 1.165) is 42.8 Å². The number of hydrogen-bond donors (Lipinski definition) is 3. The monoisotopic (exact) mass is 468 g/mol. The molecule has 0 fully saturated rings. The summed E-state index contributed by atoms with van der Waals surface area (Å²) in [6.45, 7) is 0.234. The number of H-pyrrole nitrogens is 1. The maximum absolute atomic E-state index is 13.3. The summed E-state index contributed by atoms with van der Waals surface area (Å²) >= 11 is 1.58. The summed E-state index contributed by atoms with van der Waals surface area (Å²) < 4.78 is 4.21. The van der Waals surface area contributed by atoms with Crippen LogP contribution in [0.15, 0.2) is 53.6 Å². The van der Waals surface area contributed by atoms with Gasteiger partial charge in [-0.2, -0.15) is 10.2 Å². The Morgan fingerprint density at radius 2 is 2.12 bits per heavy atom. The van der Waals surface area contributed by atoms with Crippen molar-refractivity contribution in [2.24, 2.45) is 7.05 Å². The maximum atomic E-state index is 13.3. The van der Waals surface area contributed by atoms with Crippen LogP contribution in [-0.4, -0.2) is 35.7 Å². The zero-order valence-electron chi connectivity index (χ0n) is 18.2. The molecule has 6 aromatic rings. The number of aryl methyl sites for hydroxylation is 1. The summed E-state index contributed by atoms with van der Waals surface area (Å²) in [5.41, 5.74) is 11.2. The molecule has 0 aliphatic carbocycles. The second-order valence-corrected chi connectivity index (χ2v) is 9.31. The van der Waals surface area contributed by atoms with Crippen LogP contribution in [0.25, 0.3) is 32.2 Å². The molecule has 0 bridgehead atoms. The van der Waals surface area contributed by atoms with Crippen LogP contribution in [-0.2, 0) is 20.0 Å². The quantitative estimate of drug-likeness (QED) is 0.263. The van der Waals surface area contributed by atoms with Crippen LogP contribution in [0.2, 0.25) is 0 Å². The summed E-state index contributed by atoms with van der Waals surface area (Å²) in [4.78, 5) is 18.2. The van der Waals surface area contributed by atoms with E-state index in [1.54, 1.807) is 29.8 Å². The SMILES string of the molecule is Cn1c2nc(Cc3ccc4cn[nH]c4c3)sc2c2cnn(Cc3cccc(N)c3C=N)c(=O)c21. The van der Waals surface area contributed by atoms with E-state index < -0.39 is 0 Å². The van der Waals surface area contributed by atoms with Gasteiger partial charge in [0.05, 0.1) is 29.2 Å². The molecule has 34 heavy (non-hydrogen) atoms. The van der Waals surface area contributed by atoms with Gasteiger partial charge in [0.2, 0.25) is 0 Å². The third-order valence-corrected chi connectivity index (χ3v) is 7.20. The summed E-state index contributed by atoms with van der Waals surface area (Å²) in [5.74, 6) is 0. The minimum atomic E-state index is -0.199. The van der Waals surface area contributed by atoms with Gasteiger partial charge in [-0.25, -0.2) is 9.67 Å². The molecule has 0 atom stereocenters. The van der Waals surface area contributed by atoms with E-state index in [1.165, 1.54) is 10.9 Å². The number of nitrogen functional groups attached to an aromatic ring is 1. The maximum Gasteiger partial charge on any atom is 0.291 e. The van der Waals surface area contributed by atoms with Gasteiger partial charge in [0.25, 0.3) is 5.56 Å². The predicted octanol–water partition coefficient (Wildman–Crippen LogP) is 3.44. The lowest BCUT2D eigenvalue weighted by molar-refractivity contribution is 0.644. The lowest BCUT2D eigenvalue weighted by atomic mass is 10.1. The first-order chi connectivity index (χ1) is 16.5. The van der Waals surface area contributed by atoms with Gasteiger partial charge < -0.3 is 15.7 Å². The smallest absolute Gasteiger partial charge is 0.291 e. The molecule has 168 valence electrons. The fourth-order valence-electron chi connectivity index (χ4n) is 4.40. The fourth-order valence-corrected chi connectivity index (χ4v) is 5.54. The first-order valence-corrected chi connectivity index (χ1v) is 11.5. The number of nitrogens with one attached hydrogen (secondary N) is 2. The van der Waals surface area contributed by atoms with Gasteiger partial charge in [0, 0.05) is 41.7 Å². The number of nitrogens with two attached hydrogens (primary N) is 1. The van der Waals surface area contributed by atoms with Gasteiger partial charge in [0.15, 0.2) is 5.65 Å². The number of aromatic nitrogens is 6. The van der Waals surface area contributed by atoms with Crippen molar-refractivity contribution in [3.05, 3.63) is 80.8 Å². The normalized spacial score (nSPS) is 11.7. The van der Waals surface area contributed by atoms with Crippen molar-refractivity contribution in [1.29, 1.82) is 5.41 Å². The molecule has 0 saturated heterocycles. The van der Waals surface area contributed by atoms with Crippen molar-refractivity contribution in [2.45, 2.75) is 13.0 Å². The first-order valence-electron chi connectivity index (χ1n) is 10.7. The highest BCUT2D eigenvalue weighted by Crippen LogP contribution is 2.32. The second-order valence-electron chi connectivity index (χ2n) is 8.22. The minimum Gasteiger partial charge on any atom is -0.398 e. The molecule has 9 nitrogen and oxygen atoms in total. The number of anilines is 1. The molecule has 6 rings (SSSR count). The second kappa shape index (κ2) is 7.63. The highest BCUT2D eigenvalue weighted by molar-refractivity contribution is 7.19. The average Bonchev–Trinajstić information content (AvgIpc) is 3.52. The lowest BCUT2D eigenvalue weighted by Crippen LogP contribution is -2.25. The Labute approximate surface area is 197 Å². The number of thiazole rings is 1. The lowest BCUT2D eigenvalue weighted by Gasteiger charge is -2.10. The molecule has 0 aliphatic rings. The van der Waals surface area contributed by atoms with Gasteiger partial charge in [-0.05, 0) is 23.3 Å². The predicted molar refractivity (Wildman–Crippen MR) is 135 cm³/mol. The van der Waals surface area contributed by atoms with Crippen LogP contribution in [0.4, 0.5) is 5.69 Å². The Kier molecular flexibility index (Phi) is 4.56. The van der Waals surface area contributed by atoms with Gasteiger partial charge in [-0.15, -0.1) is 11.3 Å². The molecule has 0 unspecified atom stereocenters. The Hall–Kier alpha value is -4.31. The molecule has 0 saturated carbocycles. The third kappa shape index (κ3) is 3.11. The standard InChI is InChI=1S/C24H20N8OS/c1-31-21-17(11-28-32(24(21)33)12-15-3-2-4-18(26)16(15)9-25)22-23(31)29-20(34-22)8-13-5-6-14-10-27-30-19(14)7-13/h2-7,9-11,25H,8,12,26H2,1H3,(H,27,30). The van der Waals surface area contributed by atoms with Crippen LogP contribution in [0.3, 0.4) is 0 Å². The Balaban J connectivity index is 1.39. The van der Waals surface area contributed by atoms with E-state index in [1.807, 2.05) is 29.8 Å². The fraction of sp³-hybridized carbons (Fsp3) is 0.125. The molecule has 10 heteroatoms. The van der Waals surface area contributed by atoms with Crippen LogP contribution in [0, 0.1) is 5.41 Å². The average molecular weight is 469 g/mol. The molecule has 0 aliphatic heterocycles. The van der Waals surface area contributed by atoms with E-state index >= 15 is 0 Å². The van der Waals surface area contributed by atoms with Crippen LogP contribution < -0.4 is 11.3 Å². The number of nitrogens with zero attached hydrogens (tertiary/aromatic N) is 5. The van der Waals surface area contributed by atoms with E-state index in [4.69, 9.17) is 16.1 Å². The summed E-state index contributed by atoms with van der Waals surface area (Å²) in [6.07, 6.45) is 5.44. The number of hydrogen-bond acceptors (Lipinski definition) is 7. The van der Waals surface area contributed by atoms with Crippen LogP contribution >= 0.6 is 11.3 Å². The molecule has 0 spiro atoms. The van der Waals surface area contributed by atoms with E-state index in [0.29, 0.717) is 23.2 Å². The van der Waals surface area contributed by atoms with Gasteiger partial charge >= 0.3 is 0 Å². The van der Waals surface area contributed by atoms with Gasteiger partial charge in [-0.1, -0.05) is 24.3 Å². The van der Waals surface area contributed by atoms with Crippen molar-refractivity contribution >= 4 is 55.4 Å². The minimum absolute atomic E-state index is 0.199. The van der Waals surface area contributed by atoms with E-state index in [2.05, 4.69) is 27.4 Å². The Bertz CT molecular complexity index is 1790. The number of fused-ring (bicyclic) bond motifs is 4. The number of aromatic amines is 1. The molecule has 4 aromatic heterocycles. The molecule has 0 radical (unpaired) electrons.